The molecule has 1 unspecified atom stereocenters. The van der Waals surface area contributed by atoms with E-state index in [1.54, 1.807) is 6.08 Å². The lowest BCUT2D eigenvalue weighted by molar-refractivity contribution is -0.117. The summed E-state index contributed by atoms with van der Waals surface area (Å²) in [6.45, 7) is 5.25. The summed E-state index contributed by atoms with van der Waals surface area (Å²) in [7, 11) is 0. The molecule has 2 rings (SSSR count). The first-order valence-electron chi connectivity index (χ1n) is 5.80. The van der Waals surface area contributed by atoms with Crippen LogP contribution in [0, 0.1) is 18.3 Å². The lowest BCUT2D eigenvalue weighted by atomic mass is 9.89. The fourth-order valence-corrected chi connectivity index (χ4v) is 2.16. The summed E-state index contributed by atoms with van der Waals surface area (Å²) < 4.78 is 0. The van der Waals surface area contributed by atoms with Gasteiger partial charge in [0.25, 0.3) is 0 Å². The smallest absolute Gasteiger partial charge is 0.176 e. The maximum Gasteiger partial charge on any atom is 0.176 e. The van der Waals surface area contributed by atoms with Gasteiger partial charge in [0.2, 0.25) is 0 Å². The Morgan fingerprint density at radius 3 is 3.00 bits per heavy atom. The van der Waals surface area contributed by atoms with E-state index in [1.807, 2.05) is 0 Å². The van der Waals surface area contributed by atoms with Gasteiger partial charge in [-0.15, -0.1) is 0 Å². The second-order valence-corrected chi connectivity index (χ2v) is 4.45. The number of hydrogen-bond donors (Lipinski definition) is 3. The van der Waals surface area contributed by atoms with Crippen molar-refractivity contribution in [1.82, 2.24) is 5.32 Å². The molecular formula is C12H17N4O. The maximum absolute atomic E-state index is 12.2. The third kappa shape index (κ3) is 2.44. The highest BCUT2D eigenvalue weighted by Gasteiger charge is 2.29. The van der Waals surface area contributed by atoms with E-state index in [4.69, 9.17) is 11.1 Å². The van der Waals surface area contributed by atoms with E-state index in [0.717, 1.165) is 19.4 Å². The van der Waals surface area contributed by atoms with Crippen LogP contribution in [0.25, 0.3) is 0 Å². The predicted molar refractivity (Wildman–Crippen MR) is 67.2 cm³/mol. The molecule has 1 radical (unpaired) electrons. The predicted octanol–water partition coefficient (Wildman–Crippen LogP) is 0.0748. The van der Waals surface area contributed by atoms with Crippen LogP contribution < -0.4 is 11.1 Å². The number of nitrogens with two attached hydrogens (primary N) is 1. The van der Waals surface area contributed by atoms with Crippen LogP contribution in [0.3, 0.4) is 0 Å². The Hall–Kier alpha value is -1.49. The van der Waals surface area contributed by atoms with Crippen molar-refractivity contribution in [2.75, 3.05) is 13.1 Å². The SMILES string of the molecule is [CH2]C1CN=C(C(=N)N)C=C1C(=O)[C@@H]1CCCN1. The van der Waals surface area contributed by atoms with Gasteiger partial charge in [0, 0.05) is 18.0 Å². The number of carbonyl (C=O) groups excluding carboxylic acids is 1. The van der Waals surface area contributed by atoms with Crippen LogP contribution in [0.2, 0.25) is 0 Å². The monoisotopic (exact) mass is 233 g/mol. The van der Waals surface area contributed by atoms with Gasteiger partial charge in [-0.2, -0.15) is 0 Å². The average molecular weight is 233 g/mol. The summed E-state index contributed by atoms with van der Waals surface area (Å²) in [6.07, 6.45) is 3.51. The standard InChI is InChI=1S/C12H17N4O/c1-7-6-16-10(12(13)14)5-8(7)11(17)9-3-2-4-15-9/h5,7,9,15H,1-4,6H2,(H3,13,14)/t7?,9-/m0/s1. The Balaban J connectivity index is 2.19. The topological polar surface area (TPSA) is 91.3 Å². The van der Waals surface area contributed by atoms with Gasteiger partial charge in [0.15, 0.2) is 5.78 Å². The van der Waals surface area contributed by atoms with Crippen molar-refractivity contribution in [3.63, 3.8) is 0 Å². The Labute approximate surface area is 101 Å². The van der Waals surface area contributed by atoms with Crippen LogP contribution in [-0.2, 0) is 4.79 Å². The van der Waals surface area contributed by atoms with Crippen molar-refractivity contribution in [2.24, 2.45) is 16.6 Å². The van der Waals surface area contributed by atoms with Crippen LogP contribution in [-0.4, -0.2) is 36.5 Å². The summed E-state index contributed by atoms with van der Waals surface area (Å²) in [5.74, 6) is -0.147. The minimum atomic E-state index is -0.131. The number of aliphatic imine (C=N–C) groups is 1. The number of dihydropyridines is 1. The first-order chi connectivity index (χ1) is 8.09. The molecular weight excluding hydrogens is 216 g/mol. The maximum atomic E-state index is 12.2. The Bertz CT molecular complexity index is 405. The molecule has 0 aromatic rings. The van der Waals surface area contributed by atoms with Crippen molar-refractivity contribution in [3.8, 4) is 0 Å². The molecule has 0 saturated carbocycles. The molecule has 0 spiro atoms. The highest BCUT2D eigenvalue weighted by Crippen LogP contribution is 2.20. The molecule has 0 aliphatic carbocycles. The first kappa shape index (κ1) is 12.0. The van der Waals surface area contributed by atoms with E-state index in [-0.39, 0.29) is 23.6 Å². The number of ketones is 1. The van der Waals surface area contributed by atoms with Crippen LogP contribution >= 0.6 is 0 Å². The Kier molecular flexibility index (Phi) is 3.38. The van der Waals surface area contributed by atoms with Crippen molar-refractivity contribution in [2.45, 2.75) is 18.9 Å². The van der Waals surface area contributed by atoms with Crippen molar-refractivity contribution >= 4 is 17.3 Å². The van der Waals surface area contributed by atoms with E-state index in [1.165, 1.54) is 0 Å². The first-order valence-corrected chi connectivity index (χ1v) is 5.80. The summed E-state index contributed by atoms with van der Waals surface area (Å²) >= 11 is 0. The quantitative estimate of drug-likeness (QED) is 0.476. The normalized spacial score (nSPS) is 28.5. The van der Waals surface area contributed by atoms with E-state index in [9.17, 15) is 4.79 Å². The van der Waals surface area contributed by atoms with Gasteiger partial charge in [-0.1, -0.05) is 0 Å². The molecule has 0 aromatic heterocycles. The van der Waals surface area contributed by atoms with Gasteiger partial charge in [-0.3, -0.25) is 15.2 Å². The van der Waals surface area contributed by atoms with Crippen LogP contribution in [0.15, 0.2) is 16.6 Å². The molecule has 5 heteroatoms. The molecule has 17 heavy (non-hydrogen) atoms. The number of Topliss-reactive ketones (excluding diaryl/α,β-unsaturated/α-hetero) is 1. The largest absolute Gasteiger partial charge is 0.382 e. The number of nitrogens with one attached hydrogen (secondary N) is 2. The van der Waals surface area contributed by atoms with Crippen LogP contribution in [0.4, 0.5) is 0 Å². The summed E-state index contributed by atoms with van der Waals surface area (Å²) in [4.78, 5) is 16.4. The van der Waals surface area contributed by atoms with Crippen LogP contribution in [0.5, 0.6) is 0 Å². The summed E-state index contributed by atoms with van der Waals surface area (Å²) in [6, 6.07) is -0.100. The zero-order valence-electron chi connectivity index (χ0n) is 9.70. The van der Waals surface area contributed by atoms with E-state index >= 15 is 0 Å². The van der Waals surface area contributed by atoms with E-state index < -0.39 is 0 Å². The average Bonchev–Trinajstić information content (AvgIpc) is 2.81. The van der Waals surface area contributed by atoms with Crippen molar-refractivity contribution in [1.29, 1.82) is 5.41 Å². The molecule has 1 saturated heterocycles. The van der Waals surface area contributed by atoms with Crippen molar-refractivity contribution < 1.29 is 4.79 Å². The van der Waals surface area contributed by atoms with Gasteiger partial charge >= 0.3 is 0 Å². The molecule has 0 amide bonds. The van der Waals surface area contributed by atoms with Gasteiger partial charge < -0.3 is 11.1 Å². The van der Waals surface area contributed by atoms with Crippen molar-refractivity contribution in [3.05, 3.63) is 18.6 Å². The Morgan fingerprint density at radius 1 is 1.65 bits per heavy atom. The van der Waals surface area contributed by atoms with Gasteiger partial charge in [-0.05, 0) is 32.4 Å². The lowest BCUT2D eigenvalue weighted by Crippen LogP contribution is -2.36. The minimum absolute atomic E-state index is 0.0798. The number of rotatable bonds is 3. The molecule has 2 atom stereocenters. The summed E-state index contributed by atoms with van der Waals surface area (Å²) in [5.41, 5.74) is 6.43. The van der Waals surface area contributed by atoms with Gasteiger partial charge in [-0.25, -0.2) is 0 Å². The molecule has 5 nitrogen and oxygen atoms in total. The van der Waals surface area contributed by atoms with E-state index in [0.29, 0.717) is 17.8 Å². The molecule has 1 fully saturated rings. The third-order valence-electron chi connectivity index (χ3n) is 3.15. The second kappa shape index (κ2) is 4.79. The number of nitrogens with zero attached hydrogens (tertiary/aromatic N) is 1. The fraction of sp³-hybridized carbons (Fsp3) is 0.500. The molecule has 91 valence electrons. The molecule has 2 heterocycles. The molecule has 2 aliphatic rings. The fourth-order valence-electron chi connectivity index (χ4n) is 2.16. The summed E-state index contributed by atoms with van der Waals surface area (Å²) in [5, 5.41) is 10.5. The number of hydrogen-bond acceptors (Lipinski definition) is 4. The molecule has 4 N–H and O–H groups in total. The van der Waals surface area contributed by atoms with Gasteiger partial charge in [0.1, 0.15) is 5.84 Å². The zero-order chi connectivity index (χ0) is 12.4. The zero-order valence-corrected chi connectivity index (χ0v) is 9.70. The highest BCUT2D eigenvalue weighted by molar-refractivity contribution is 6.45. The molecule has 2 aliphatic heterocycles. The number of amidine groups is 1. The van der Waals surface area contributed by atoms with Crippen LogP contribution in [0.1, 0.15) is 12.8 Å². The van der Waals surface area contributed by atoms with E-state index in [2.05, 4.69) is 17.2 Å². The minimum Gasteiger partial charge on any atom is -0.382 e. The number of carbonyl (C=O) groups is 1. The Morgan fingerprint density at radius 2 is 2.41 bits per heavy atom. The molecule has 0 aromatic carbocycles. The lowest BCUT2D eigenvalue weighted by Gasteiger charge is -2.21. The van der Waals surface area contributed by atoms with Gasteiger partial charge in [0.05, 0.1) is 11.8 Å². The molecule has 0 bridgehead atoms. The third-order valence-corrected chi connectivity index (χ3v) is 3.15. The second-order valence-electron chi connectivity index (χ2n) is 4.45. The highest BCUT2D eigenvalue weighted by atomic mass is 16.1.